The topological polar surface area (TPSA) is 43.4 Å². The van der Waals surface area contributed by atoms with E-state index in [9.17, 15) is 0 Å². The van der Waals surface area contributed by atoms with Crippen molar-refractivity contribution in [2.75, 3.05) is 26.4 Å². The third-order valence-corrected chi connectivity index (χ3v) is 2.90. The maximum Gasteiger partial charge on any atom is 0.217 e. The molecule has 1 aromatic rings. The van der Waals surface area contributed by atoms with Crippen molar-refractivity contribution < 1.29 is 9.47 Å². The molecule has 1 unspecified atom stereocenters. The van der Waals surface area contributed by atoms with E-state index in [1.807, 2.05) is 6.07 Å². The number of hydrogen-bond donors (Lipinski definition) is 1. The third-order valence-electron chi connectivity index (χ3n) is 2.90. The smallest absolute Gasteiger partial charge is 0.217 e. The van der Waals surface area contributed by atoms with Gasteiger partial charge in [0.15, 0.2) is 0 Å². The zero-order chi connectivity index (χ0) is 11.9. The van der Waals surface area contributed by atoms with Crippen LogP contribution in [0.4, 0.5) is 0 Å². The van der Waals surface area contributed by atoms with Gasteiger partial charge >= 0.3 is 0 Å². The summed E-state index contributed by atoms with van der Waals surface area (Å²) in [5.74, 6) is 1.27. The Morgan fingerprint density at radius 1 is 1.59 bits per heavy atom. The Labute approximate surface area is 102 Å². The molecule has 4 nitrogen and oxygen atoms in total. The Morgan fingerprint density at radius 2 is 2.53 bits per heavy atom. The largest absolute Gasteiger partial charge is 0.477 e. The molecule has 0 spiro atoms. The van der Waals surface area contributed by atoms with Crippen molar-refractivity contribution in [3.8, 4) is 5.88 Å². The summed E-state index contributed by atoms with van der Waals surface area (Å²) in [5, 5.41) is 3.29. The minimum Gasteiger partial charge on any atom is -0.477 e. The fraction of sp³-hybridized carbons (Fsp3) is 0.615. The van der Waals surface area contributed by atoms with Crippen LogP contribution in [-0.4, -0.2) is 31.3 Å². The average molecular weight is 236 g/mol. The summed E-state index contributed by atoms with van der Waals surface area (Å²) in [7, 11) is 0. The van der Waals surface area contributed by atoms with Crippen molar-refractivity contribution >= 4 is 0 Å². The lowest BCUT2D eigenvalue weighted by Gasteiger charge is -2.12. The second kappa shape index (κ2) is 6.57. The van der Waals surface area contributed by atoms with E-state index in [1.54, 1.807) is 6.20 Å². The van der Waals surface area contributed by atoms with Crippen LogP contribution >= 0.6 is 0 Å². The van der Waals surface area contributed by atoms with E-state index in [1.165, 1.54) is 0 Å². The SMILES string of the molecule is CCNCc1cccnc1OCC1CCOC1. The van der Waals surface area contributed by atoms with Gasteiger partial charge in [0.25, 0.3) is 0 Å². The highest BCUT2D eigenvalue weighted by Gasteiger charge is 2.17. The molecule has 1 N–H and O–H groups in total. The molecule has 1 fully saturated rings. The van der Waals surface area contributed by atoms with Gasteiger partial charge in [-0.1, -0.05) is 13.0 Å². The van der Waals surface area contributed by atoms with Gasteiger partial charge < -0.3 is 14.8 Å². The summed E-state index contributed by atoms with van der Waals surface area (Å²) in [6, 6.07) is 3.99. The van der Waals surface area contributed by atoms with Crippen LogP contribution in [0.2, 0.25) is 0 Å². The van der Waals surface area contributed by atoms with Crippen LogP contribution in [0.1, 0.15) is 18.9 Å². The van der Waals surface area contributed by atoms with Gasteiger partial charge in [0, 0.05) is 30.8 Å². The van der Waals surface area contributed by atoms with Crippen molar-refractivity contribution in [1.29, 1.82) is 0 Å². The van der Waals surface area contributed by atoms with Crippen molar-refractivity contribution in [3.63, 3.8) is 0 Å². The summed E-state index contributed by atoms with van der Waals surface area (Å²) in [6.45, 7) is 6.23. The zero-order valence-corrected chi connectivity index (χ0v) is 10.3. The lowest BCUT2D eigenvalue weighted by atomic mass is 10.1. The van der Waals surface area contributed by atoms with Crippen molar-refractivity contribution in [3.05, 3.63) is 23.9 Å². The molecule has 0 amide bonds. The molecule has 4 heteroatoms. The van der Waals surface area contributed by atoms with Crippen LogP contribution in [0.15, 0.2) is 18.3 Å². The van der Waals surface area contributed by atoms with Gasteiger partial charge in [-0.2, -0.15) is 0 Å². The van der Waals surface area contributed by atoms with E-state index in [4.69, 9.17) is 9.47 Å². The van der Waals surface area contributed by atoms with Crippen LogP contribution in [-0.2, 0) is 11.3 Å². The Bertz CT molecular complexity index is 338. The van der Waals surface area contributed by atoms with E-state index >= 15 is 0 Å². The molecular formula is C13H20N2O2. The summed E-state index contributed by atoms with van der Waals surface area (Å²) in [6.07, 6.45) is 2.87. The number of nitrogens with one attached hydrogen (secondary N) is 1. The second-order valence-electron chi connectivity index (χ2n) is 4.29. The maximum atomic E-state index is 5.79. The third kappa shape index (κ3) is 3.68. The van der Waals surface area contributed by atoms with Gasteiger partial charge in [0.2, 0.25) is 5.88 Å². The van der Waals surface area contributed by atoms with Crippen LogP contribution in [0.3, 0.4) is 0 Å². The molecule has 0 radical (unpaired) electrons. The molecule has 1 saturated heterocycles. The lowest BCUT2D eigenvalue weighted by molar-refractivity contribution is 0.165. The van der Waals surface area contributed by atoms with Crippen molar-refractivity contribution in [1.82, 2.24) is 10.3 Å². The molecule has 94 valence electrons. The van der Waals surface area contributed by atoms with Crippen molar-refractivity contribution in [2.45, 2.75) is 19.9 Å². The molecule has 2 heterocycles. The van der Waals surface area contributed by atoms with E-state index in [0.717, 1.165) is 44.2 Å². The van der Waals surface area contributed by atoms with Gasteiger partial charge in [-0.05, 0) is 19.0 Å². The maximum absolute atomic E-state index is 5.79. The van der Waals surface area contributed by atoms with Gasteiger partial charge in [0.05, 0.1) is 13.2 Å². The molecule has 1 aliphatic rings. The first-order chi connectivity index (χ1) is 8.40. The number of ether oxygens (including phenoxy) is 2. The Balaban J connectivity index is 1.89. The van der Waals surface area contributed by atoms with E-state index in [0.29, 0.717) is 12.5 Å². The minimum absolute atomic E-state index is 0.518. The summed E-state index contributed by atoms with van der Waals surface area (Å²) < 4.78 is 11.1. The fourth-order valence-corrected chi connectivity index (χ4v) is 1.86. The Hall–Kier alpha value is -1.13. The van der Waals surface area contributed by atoms with E-state index in [2.05, 4.69) is 23.3 Å². The molecule has 0 bridgehead atoms. The van der Waals surface area contributed by atoms with E-state index < -0.39 is 0 Å². The average Bonchev–Trinajstić information content (AvgIpc) is 2.88. The minimum atomic E-state index is 0.518. The highest BCUT2D eigenvalue weighted by atomic mass is 16.5. The summed E-state index contributed by atoms with van der Waals surface area (Å²) in [5.41, 5.74) is 1.12. The van der Waals surface area contributed by atoms with Crippen LogP contribution < -0.4 is 10.1 Å². The van der Waals surface area contributed by atoms with Gasteiger partial charge in [-0.25, -0.2) is 4.98 Å². The van der Waals surface area contributed by atoms with E-state index in [-0.39, 0.29) is 0 Å². The molecule has 1 atom stereocenters. The predicted octanol–water partition coefficient (Wildman–Crippen LogP) is 1.61. The first kappa shape index (κ1) is 12.3. The molecule has 17 heavy (non-hydrogen) atoms. The number of nitrogens with zero attached hydrogens (tertiary/aromatic N) is 1. The number of pyridine rings is 1. The lowest BCUT2D eigenvalue weighted by Crippen LogP contribution is -2.16. The normalized spacial score (nSPS) is 19.5. The first-order valence-corrected chi connectivity index (χ1v) is 6.25. The molecule has 0 saturated carbocycles. The van der Waals surface area contributed by atoms with Crippen molar-refractivity contribution in [2.24, 2.45) is 5.92 Å². The summed E-state index contributed by atoms with van der Waals surface area (Å²) >= 11 is 0. The first-order valence-electron chi connectivity index (χ1n) is 6.25. The molecule has 0 aromatic carbocycles. The highest BCUT2D eigenvalue weighted by molar-refractivity contribution is 5.25. The number of hydrogen-bond acceptors (Lipinski definition) is 4. The monoisotopic (exact) mass is 236 g/mol. The van der Waals surface area contributed by atoms with Crippen LogP contribution in [0, 0.1) is 5.92 Å². The fourth-order valence-electron chi connectivity index (χ4n) is 1.86. The van der Waals surface area contributed by atoms with Crippen LogP contribution in [0.5, 0.6) is 5.88 Å². The Morgan fingerprint density at radius 3 is 3.29 bits per heavy atom. The molecule has 0 aliphatic carbocycles. The molecular weight excluding hydrogens is 216 g/mol. The molecule has 1 aliphatic heterocycles. The number of rotatable bonds is 6. The van der Waals surface area contributed by atoms with Gasteiger partial charge in [0.1, 0.15) is 0 Å². The predicted molar refractivity (Wildman–Crippen MR) is 66.0 cm³/mol. The highest BCUT2D eigenvalue weighted by Crippen LogP contribution is 2.18. The zero-order valence-electron chi connectivity index (χ0n) is 10.3. The molecule has 2 rings (SSSR count). The van der Waals surface area contributed by atoms with Crippen LogP contribution in [0.25, 0.3) is 0 Å². The molecule has 1 aromatic heterocycles. The Kier molecular flexibility index (Phi) is 4.76. The quantitative estimate of drug-likeness (QED) is 0.815. The second-order valence-corrected chi connectivity index (χ2v) is 4.29. The standard InChI is InChI=1S/C13H20N2O2/c1-2-14-8-12-4-3-6-15-13(12)17-10-11-5-7-16-9-11/h3-4,6,11,14H,2,5,7-10H2,1H3. The van der Waals surface area contributed by atoms with Gasteiger partial charge in [-0.3, -0.25) is 0 Å². The number of aromatic nitrogens is 1. The van der Waals surface area contributed by atoms with Gasteiger partial charge in [-0.15, -0.1) is 0 Å². The summed E-state index contributed by atoms with van der Waals surface area (Å²) in [4.78, 5) is 4.29.